The highest BCUT2D eigenvalue weighted by Gasteiger charge is 2.23. The molecule has 1 amide bonds. The molecule has 3 aromatic rings. The summed E-state index contributed by atoms with van der Waals surface area (Å²) >= 11 is 0. The first kappa shape index (κ1) is 25.5. The minimum absolute atomic E-state index is 0. The number of ether oxygens (including phenoxy) is 2. The maximum Gasteiger partial charge on any atom is 0.313 e. The molecule has 1 atom stereocenters. The normalized spacial score (nSPS) is 14.8. The van der Waals surface area contributed by atoms with Gasteiger partial charge >= 0.3 is 5.97 Å². The van der Waals surface area contributed by atoms with E-state index in [-0.39, 0.29) is 30.2 Å². The second-order valence-corrected chi connectivity index (χ2v) is 8.36. The van der Waals surface area contributed by atoms with Crippen LogP contribution < -0.4 is 4.74 Å². The topological polar surface area (TPSA) is 59.1 Å². The van der Waals surface area contributed by atoms with E-state index in [0.29, 0.717) is 26.2 Å². The second-order valence-electron chi connectivity index (χ2n) is 8.36. The lowest BCUT2D eigenvalue weighted by molar-refractivity contribution is -0.145. The Morgan fingerprint density at radius 3 is 2.29 bits per heavy atom. The zero-order chi connectivity index (χ0) is 23.2. The quantitative estimate of drug-likeness (QED) is 0.468. The molecule has 1 saturated heterocycles. The number of benzene rings is 3. The predicted molar refractivity (Wildman–Crippen MR) is 136 cm³/mol. The van der Waals surface area contributed by atoms with Crippen LogP contribution >= 0.6 is 12.4 Å². The van der Waals surface area contributed by atoms with Crippen LogP contribution in [0, 0.1) is 0 Å². The number of fused-ring (bicyclic) bond motifs is 1. The SMILES string of the molecule is COc1ccc2cc(C(C)C(=O)OCCN3CCN(C(=O)c4ccccc4)CC3)ccc2c1.Cl. The summed E-state index contributed by atoms with van der Waals surface area (Å²) in [6.07, 6.45) is 0. The molecule has 1 aliphatic rings. The molecule has 1 heterocycles. The first-order valence-corrected chi connectivity index (χ1v) is 11.4. The fourth-order valence-electron chi connectivity index (χ4n) is 4.11. The molecule has 1 unspecified atom stereocenters. The average Bonchev–Trinajstić information content (AvgIpc) is 2.88. The van der Waals surface area contributed by atoms with Gasteiger partial charge in [-0.05, 0) is 47.5 Å². The maximum absolute atomic E-state index is 12.6. The Bertz CT molecular complexity index is 1110. The highest BCUT2D eigenvalue weighted by atomic mass is 35.5. The molecule has 0 N–H and O–H groups in total. The van der Waals surface area contributed by atoms with Crippen molar-refractivity contribution in [2.24, 2.45) is 0 Å². The third kappa shape index (κ3) is 6.07. The first-order chi connectivity index (χ1) is 16.0. The summed E-state index contributed by atoms with van der Waals surface area (Å²) in [5.74, 6) is 0.329. The van der Waals surface area contributed by atoms with E-state index < -0.39 is 0 Å². The Morgan fingerprint density at radius 1 is 0.912 bits per heavy atom. The Labute approximate surface area is 206 Å². The molecular formula is C27H31ClN2O4. The number of methoxy groups -OCH3 is 1. The number of nitrogens with zero attached hydrogens (tertiary/aromatic N) is 2. The highest BCUT2D eigenvalue weighted by Crippen LogP contribution is 2.25. The number of carbonyl (C=O) groups is 2. The first-order valence-electron chi connectivity index (χ1n) is 11.4. The number of rotatable bonds is 7. The smallest absolute Gasteiger partial charge is 0.313 e. The number of carbonyl (C=O) groups excluding carboxylic acids is 2. The Hall–Kier alpha value is -3.09. The van der Waals surface area contributed by atoms with Crippen molar-refractivity contribution >= 4 is 35.1 Å². The average molecular weight is 483 g/mol. The van der Waals surface area contributed by atoms with Crippen LogP contribution in [0.15, 0.2) is 66.7 Å². The van der Waals surface area contributed by atoms with Crippen molar-refractivity contribution in [2.75, 3.05) is 46.4 Å². The van der Waals surface area contributed by atoms with Gasteiger partial charge in [0.2, 0.25) is 0 Å². The minimum Gasteiger partial charge on any atom is -0.497 e. The van der Waals surface area contributed by atoms with E-state index in [1.807, 2.05) is 78.6 Å². The molecular weight excluding hydrogens is 452 g/mol. The molecule has 0 radical (unpaired) electrons. The standard InChI is InChI=1S/C27H30N2O4.ClH/c1-20(22-8-9-24-19-25(32-2)11-10-23(24)18-22)27(31)33-17-16-28-12-14-29(15-13-28)26(30)21-6-4-3-5-7-21;/h3-11,18-20H,12-17H2,1-2H3;1H. The second kappa shape index (κ2) is 11.9. The van der Waals surface area contributed by atoms with Crippen LogP contribution in [0.1, 0.15) is 28.8 Å². The molecule has 3 aromatic carbocycles. The van der Waals surface area contributed by atoms with Crippen LogP contribution in [0.3, 0.4) is 0 Å². The van der Waals surface area contributed by atoms with Crippen molar-refractivity contribution in [1.29, 1.82) is 0 Å². The number of amides is 1. The van der Waals surface area contributed by atoms with E-state index in [4.69, 9.17) is 9.47 Å². The van der Waals surface area contributed by atoms with Crippen LogP contribution in [-0.2, 0) is 9.53 Å². The number of halogens is 1. The van der Waals surface area contributed by atoms with E-state index in [2.05, 4.69) is 4.90 Å². The van der Waals surface area contributed by atoms with Crippen LogP contribution in [-0.4, -0.2) is 68.1 Å². The van der Waals surface area contributed by atoms with Gasteiger partial charge in [-0.3, -0.25) is 14.5 Å². The number of piperazine rings is 1. The molecule has 0 spiro atoms. The van der Waals surface area contributed by atoms with Gasteiger partial charge in [-0.2, -0.15) is 0 Å². The summed E-state index contributed by atoms with van der Waals surface area (Å²) in [5, 5.41) is 2.14. The number of hydrogen-bond acceptors (Lipinski definition) is 5. The van der Waals surface area contributed by atoms with Gasteiger partial charge in [-0.25, -0.2) is 0 Å². The van der Waals surface area contributed by atoms with Crippen molar-refractivity contribution in [1.82, 2.24) is 9.80 Å². The lowest BCUT2D eigenvalue weighted by Gasteiger charge is -2.34. The summed E-state index contributed by atoms with van der Waals surface area (Å²) in [6, 6.07) is 21.3. The van der Waals surface area contributed by atoms with Gasteiger partial charge < -0.3 is 14.4 Å². The van der Waals surface area contributed by atoms with Crippen LogP contribution in [0.4, 0.5) is 0 Å². The third-order valence-corrected chi connectivity index (χ3v) is 6.26. The largest absolute Gasteiger partial charge is 0.497 e. The van der Waals surface area contributed by atoms with Crippen molar-refractivity contribution in [3.63, 3.8) is 0 Å². The van der Waals surface area contributed by atoms with E-state index in [0.717, 1.165) is 40.7 Å². The van der Waals surface area contributed by atoms with Crippen LogP contribution in [0.5, 0.6) is 5.75 Å². The Kier molecular flexibility index (Phi) is 8.91. The summed E-state index contributed by atoms with van der Waals surface area (Å²) in [7, 11) is 1.65. The molecule has 0 aromatic heterocycles. The summed E-state index contributed by atoms with van der Waals surface area (Å²) in [6.45, 7) is 5.81. The number of esters is 1. The van der Waals surface area contributed by atoms with E-state index >= 15 is 0 Å². The van der Waals surface area contributed by atoms with E-state index in [1.54, 1.807) is 7.11 Å². The lowest BCUT2D eigenvalue weighted by Crippen LogP contribution is -2.49. The Balaban J connectivity index is 0.00000324. The molecule has 1 aliphatic heterocycles. The van der Waals surface area contributed by atoms with Gasteiger partial charge in [-0.1, -0.05) is 42.5 Å². The van der Waals surface area contributed by atoms with Gasteiger partial charge in [0.05, 0.1) is 13.0 Å². The highest BCUT2D eigenvalue weighted by molar-refractivity contribution is 5.94. The van der Waals surface area contributed by atoms with E-state index in [1.165, 1.54) is 0 Å². The molecule has 0 saturated carbocycles. The fraction of sp³-hybridized carbons (Fsp3) is 0.333. The molecule has 180 valence electrons. The third-order valence-electron chi connectivity index (χ3n) is 6.26. The van der Waals surface area contributed by atoms with Gasteiger partial charge in [0, 0.05) is 38.3 Å². The summed E-state index contributed by atoms with van der Waals surface area (Å²) in [5.41, 5.74) is 1.66. The molecule has 1 fully saturated rings. The Morgan fingerprint density at radius 2 is 1.59 bits per heavy atom. The molecule has 7 heteroatoms. The van der Waals surface area contributed by atoms with E-state index in [9.17, 15) is 9.59 Å². The monoisotopic (exact) mass is 482 g/mol. The maximum atomic E-state index is 12.6. The van der Waals surface area contributed by atoms with Crippen molar-refractivity contribution in [3.8, 4) is 5.75 Å². The summed E-state index contributed by atoms with van der Waals surface area (Å²) in [4.78, 5) is 29.3. The number of hydrogen-bond donors (Lipinski definition) is 0. The fourth-order valence-corrected chi connectivity index (χ4v) is 4.11. The van der Waals surface area contributed by atoms with Crippen molar-refractivity contribution in [3.05, 3.63) is 77.9 Å². The lowest BCUT2D eigenvalue weighted by atomic mass is 9.98. The van der Waals surface area contributed by atoms with Gasteiger partial charge in [0.1, 0.15) is 12.4 Å². The molecule has 0 bridgehead atoms. The molecule has 4 rings (SSSR count). The molecule has 34 heavy (non-hydrogen) atoms. The van der Waals surface area contributed by atoms with Gasteiger partial charge in [0.15, 0.2) is 0 Å². The van der Waals surface area contributed by atoms with Crippen LogP contribution in [0.2, 0.25) is 0 Å². The van der Waals surface area contributed by atoms with Crippen molar-refractivity contribution in [2.45, 2.75) is 12.8 Å². The predicted octanol–water partition coefficient (Wildman–Crippen LogP) is 4.37. The zero-order valence-corrected chi connectivity index (χ0v) is 20.4. The minimum atomic E-state index is -0.336. The van der Waals surface area contributed by atoms with Crippen molar-refractivity contribution < 1.29 is 19.1 Å². The zero-order valence-electron chi connectivity index (χ0n) is 19.6. The van der Waals surface area contributed by atoms with Gasteiger partial charge in [-0.15, -0.1) is 12.4 Å². The molecule has 0 aliphatic carbocycles. The summed E-state index contributed by atoms with van der Waals surface area (Å²) < 4.78 is 10.8. The molecule has 6 nitrogen and oxygen atoms in total. The van der Waals surface area contributed by atoms with Gasteiger partial charge in [0.25, 0.3) is 5.91 Å². The van der Waals surface area contributed by atoms with Crippen LogP contribution in [0.25, 0.3) is 10.8 Å².